The molecule has 100 valence electrons. The van der Waals surface area contributed by atoms with E-state index in [1.807, 2.05) is 25.1 Å². The molecule has 1 aliphatic heterocycles. The fraction of sp³-hybridized carbons (Fsp3) is 0.467. The van der Waals surface area contributed by atoms with Crippen molar-refractivity contribution in [1.82, 2.24) is 5.32 Å². The van der Waals surface area contributed by atoms with Gasteiger partial charge in [-0.2, -0.15) is 5.26 Å². The van der Waals surface area contributed by atoms with Gasteiger partial charge in [0, 0.05) is 26.1 Å². The second-order valence-electron chi connectivity index (χ2n) is 4.96. The molecule has 1 heterocycles. The minimum Gasteiger partial charge on any atom is -0.370 e. The van der Waals surface area contributed by atoms with E-state index in [9.17, 15) is 10.1 Å². The van der Waals surface area contributed by atoms with E-state index >= 15 is 0 Å². The molecule has 1 saturated heterocycles. The molecule has 19 heavy (non-hydrogen) atoms. The molecule has 0 bridgehead atoms. The van der Waals surface area contributed by atoms with Crippen molar-refractivity contribution in [3.8, 4) is 6.07 Å². The predicted octanol–water partition coefficient (Wildman–Crippen LogP) is 1.83. The number of carbonyl (C=O) groups is 1. The Morgan fingerprint density at radius 1 is 1.42 bits per heavy atom. The molecule has 1 amide bonds. The number of hydrogen-bond donors (Lipinski definition) is 1. The van der Waals surface area contributed by atoms with Gasteiger partial charge in [-0.25, -0.2) is 0 Å². The second kappa shape index (κ2) is 5.75. The molecule has 1 fully saturated rings. The number of amides is 1. The molecule has 0 aromatic heterocycles. The first-order valence-electron chi connectivity index (χ1n) is 6.63. The summed E-state index contributed by atoms with van der Waals surface area (Å²) in [6.45, 7) is 3.69. The van der Waals surface area contributed by atoms with Crippen molar-refractivity contribution in [1.29, 1.82) is 5.26 Å². The molecule has 1 aromatic carbocycles. The summed E-state index contributed by atoms with van der Waals surface area (Å²) < 4.78 is 0. The highest BCUT2D eigenvalue weighted by Crippen LogP contribution is 2.29. The second-order valence-corrected chi connectivity index (χ2v) is 4.96. The number of para-hydroxylation sites is 1. The number of benzene rings is 1. The van der Waals surface area contributed by atoms with Crippen LogP contribution in [0.25, 0.3) is 0 Å². The van der Waals surface area contributed by atoms with Crippen molar-refractivity contribution in [3.05, 3.63) is 29.3 Å². The first-order chi connectivity index (χ1) is 9.17. The van der Waals surface area contributed by atoms with E-state index in [2.05, 4.69) is 16.3 Å². The van der Waals surface area contributed by atoms with E-state index in [0.29, 0.717) is 0 Å². The van der Waals surface area contributed by atoms with E-state index in [0.717, 1.165) is 42.7 Å². The zero-order chi connectivity index (χ0) is 13.8. The molecule has 1 N–H and O–H groups in total. The average Bonchev–Trinajstić information content (AvgIpc) is 2.46. The van der Waals surface area contributed by atoms with Crippen LogP contribution in [0.2, 0.25) is 0 Å². The Kier molecular flexibility index (Phi) is 4.06. The highest BCUT2D eigenvalue weighted by Gasteiger charge is 2.25. The summed E-state index contributed by atoms with van der Waals surface area (Å²) in [5.74, 6) is 0.237. The smallest absolute Gasteiger partial charge is 0.222 e. The summed E-state index contributed by atoms with van der Waals surface area (Å²) in [6.07, 6.45) is 1.69. The van der Waals surface area contributed by atoms with Gasteiger partial charge in [0.2, 0.25) is 5.91 Å². The Hall–Kier alpha value is -2.02. The third-order valence-electron chi connectivity index (χ3n) is 3.79. The van der Waals surface area contributed by atoms with Crippen LogP contribution in [0.4, 0.5) is 5.69 Å². The Balaban J connectivity index is 2.14. The summed E-state index contributed by atoms with van der Waals surface area (Å²) in [7, 11) is 1.68. The number of carbonyl (C=O) groups excluding carboxylic acids is 1. The van der Waals surface area contributed by atoms with Crippen LogP contribution in [0.5, 0.6) is 0 Å². The lowest BCUT2D eigenvalue weighted by Crippen LogP contribution is -2.40. The molecule has 0 unspecified atom stereocenters. The van der Waals surface area contributed by atoms with E-state index in [4.69, 9.17) is 0 Å². The van der Waals surface area contributed by atoms with Gasteiger partial charge >= 0.3 is 0 Å². The molecule has 4 heteroatoms. The third-order valence-corrected chi connectivity index (χ3v) is 3.79. The molecule has 1 aliphatic rings. The number of nitrogens with one attached hydrogen (secondary N) is 1. The highest BCUT2D eigenvalue weighted by molar-refractivity contribution is 5.78. The molecular weight excluding hydrogens is 238 g/mol. The lowest BCUT2D eigenvalue weighted by Gasteiger charge is -2.34. The lowest BCUT2D eigenvalue weighted by atomic mass is 9.94. The number of aryl methyl sites for hydroxylation is 1. The number of nitriles is 1. The van der Waals surface area contributed by atoms with E-state index in [1.165, 1.54) is 0 Å². The van der Waals surface area contributed by atoms with Gasteiger partial charge < -0.3 is 10.2 Å². The fourth-order valence-corrected chi connectivity index (χ4v) is 2.74. The summed E-state index contributed by atoms with van der Waals surface area (Å²) in [6, 6.07) is 8.05. The van der Waals surface area contributed by atoms with Gasteiger partial charge in [-0.15, -0.1) is 0 Å². The minimum atomic E-state index is 0.107. The van der Waals surface area contributed by atoms with Crippen molar-refractivity contribution in [3.63, 3.8) is 0 Å². The fourth-order valence-electron chi connectivity index (χ4n) is 2.74. The lowest BCUT2D eigenvalue weighted by molar-refractivity contribution is -0.125. The zero-order valence-electron chi connectivity index (χ0n) is 11.4. The largest absolute Gasteiger partial charge is 0.370 e. The Labute approximate surface area is 114 Å². The van der Waals surface area contributed by atoms with E-state index < -0.39 is 0 Å². The highest BCUT2D eigenvalue weighted by atomic mass is 16.1. The minimum absolute atomic E-state index is 0.107. The van der Waals surface area contributed by atoms with Gasteiger partial charge in [0.15, 0.2) is 0 Å². The Bertz CT molecular complexity index is 511. The van der Waals surface area contributed by atoms with Gasteiger partial charge in [-0.3, -0.25) is 4.79 Å². The Morgan fingerprint density at radius 2 is 2.11 bits per heavy atom. The first kappa shape index (κ1) is 13.4. The van der Waals surface area contributed by atoms with Crippen molar-refractivity contribution >= 4 is 11.6 Å². The van der Waals surface area contributed by atoms with Crippen molar-refractivity contribution in [2.24, 2.45) is 5.92 Å². The quantitative estimate of drug-likeness (QED) is 0.879. The molecule has 0 atom stereocenters. The van der Waals surface area contributed by atoms with Gasteiger partial charge in [0.1, 0.15) is 6.07 Å². The van der Waals surface area contributed by atoms with Crippen LogP contribution in [0.15, 0.2) is 18.2 Å². The summed E-state index contributed by atoms with van der Waals surface area (Å²) in [4.78, 5) is 13.8. The van der Waals surface area contributed by atoms with Crippen LogP contribution in [0.1, 0.15) is 24.0 Å². The van der Waals surface area contributed by atoms with Crippen LogP contribution in [0.3, 0.4) is 0 Å². The molecule has 0 aliphatic carbocycles. The first-order valence-corrected chi connectivity index (χ1v) is 6.63. The summed E-state index contributed by atoms with van der Waals surface area (Å²) in [5, 5.41) is 11.9. The molecule has 0 spiro atoms. The summed E-state index contributed by atoms with van der Waals surface area (Å²) in [5.41, 5.74) is 2.87. The maximum atomic E-state index is 11.6. The zero-order valence-corrected chi connectivity index (χ0v) is 11.4. The van der Waals surface area contributed by atoms with Gasteiger partial charge in [-0.05, 0) is 31.4 Å². The topological polar surface area (TPSA) is 56.1 Å². The summed E-state index contributed by atoms with van der Waals surface area (Å²) >= 11 is 0. The number of nitrogens with zero attached hydrogens (tertiary/aromatic N) is 2. The van der Waals surface area contributed by atoms with Crippen LogP contribution >= 0.6 is 0 Å². The molecule has 1 aromatic rings. The molecule has 0 radical (unpaired) electrons. The van der Waals surface area contributed by atoms with E-state index in [1.54, 1.807) is 7.05 Å². The van der Waals surface area contributed by atoms with Crippen molar-refractivity contribution < 1.29 is 4.79 Å². The maximum Gasteiger partial charge on any atom is 0.222 e. The van der Waals surface area contributed by atoms with E-state index in [-0.39, 0.29) is 11.8 Å². The standard InChI is InChI=1S/C15H19N3O/c1-11-4-3-5-13(10-16)14(11)18-8-6-12(7-9-18)15(19)17-2/h3-5,12H,6-9H2,1-2H3,(H,17,19). The molecular formula is C15H19N3O. The van der Waals surface area contributed by atoms with Crippen molar-refractivity contribution in [2.75, 3.05) is 25.0 Å². The van der Waals surface area contributed by atoms with Crippen LogP contribution in [-0.2, 0) is 4.79 Å². The van der Waals surface area contributed by atoms with Crippen LogP contribution in [-0.4, -0.2) is 26.0 Å². The number of hydrogen-bond acceptors (Lipinski definition) is 3. The molecule has 0 saturated carbocycles. The van der Waals surface area contributed by atoms with Crippen LogP contribution < -0.4 is 10.2 Å². The third kappa shape index (κ3) is 2.70. The van der Waals surface area contributed by atoms with Gasteiger partial charge in [-0.1, -0.05) is 12.1 Å². The monoisotopic (exact) mass is 257 g/mol. The Morgan fingerprint density at radius 3 is 2.68 bits per heavy atom. The average molecular weight is 257 g/mol. The predicted molar refractivity (Wildman–Crippen MR) is 74.9 cm³/mol. The molecule has 2 rings (SSSR count). The van der Waals surface area contributed by atoms with Gasteiger partial charge in [0.05, 0.1) is 11.3 Å². The number of piperidine rings is 1. The number of anilines is 1. The van der Waals surface area contributed by atoms with Crippen molar-refractivity contribution in [2.45, 2.75) is 19.8 Å². The van der Waals surface area contributed by atoms with Gasteiger partial charge in [0.25, 0.3) is 0 Å². The maximum absolute atomic E-state index is 11.6. The SMILES string of the molecule is CNC(=O)C1CCN(c2c(C)cccc2C#N)CC1. The normalized spacial score (nSPS) is 15.9. The number of rotatable bonds is 2. The van der Waals surface area contributed by atoms with Crippen LogP contribution in [0, 0.1) is 24.2 Å². The molecule has 4 nitrogen and oxygen atoms in total.